The Morgan fingerprint density at radius 3 is 2.75 bits per heavy atom. The van der Waals surface area contributed by atoms with Crippen molar-refractivity contribution in [1.82, 2.24) is 9.88 Å². The third-order valence-corrected chi connectivity index (χ3v) is 3.77. The van der Waals surface area contributed by atoms with E-state index in [1.807, 2.05) is 11.0 Å². The summed E-state index contributed by atoms with van der Waals surface area (Å²) in [5.41, 5.74) is 1.61. The van der Waals surface area contributed by atoms with Crippen LogP contribution in [0, 0.1) is 11.8 Å². The molecule has 1 aliphatic rings. The van der Waals surface area contributed by atoms with Gasteiger partial charge in [-0.3, -0.25) is 9.78 Å². The van der Waals surface area contributed by atoms with Crippen LogP contribution in [-0.4, -0.2) is 35.4 Å². The molecule has 4 nitrogen and oxygen atoms in total. The Hall–Kier alpha value is -1.58. The van der Waals surface area contributed by atoms with Gasteiger partial charge < -0.3 is 10.2 Å². The second kappa shape index (κ2) is 6.73. The zero-order valence-electron chi connectivity index (χ0n) is 12.7. The molecule has 1 amide bonds. The summed E-state index contributed by atoms with van der Waals surface area (Å²) >= 11 is 0. The Morgan fingerprint density at radius 2 is 2.10 bits per heavy atom. The number of hydrogen-bond acceptors (Lipinski definition) is 3. The first kappa shape index (κ1) is 14.8. The molecule has 0 aromatic carbocycles. The lowest BCUT2D eigenvalue weighted by Gasteiger charge is -2.30. The highest BCUT2D eigenvalue weighted by Gasteiger charge is 2.21. The second-order valence-electron chi connectivity index (χ2n) is 6.21. The molecule has 0 atom stereocenters. The minimum atomic E-state index is 0.109. The highest BCUT2D eigenvalue weighted by Crippen LogP contribution is 2.19. The van der Waals surface area contributed by atoms with Gasteiger partial charge >= 0.3 is 0 Å². The molecule has 20 heavy (non-hydrogen) atoms. The predicted octanol–water partition coefficient (Wildman–Crippen LogP) is 3.02. The van der Waals surface area contributed by atoms with Gasteiger partial charge in [-0.05, 0) is 30.7 Å². The van der Waals surface area contributed by atoms with Crippen LogP contribution < -0.4 is 5.32 Å². The second-order valence-corrected chi connectivity index (χ2v) is 6.21. The number of aromatic nitrogens is 1. The molecule has 0 unspecified atom stereocenters. The summed E-state index contributed by atoms with van der Waals surface area (Å²) in [6, 6.07) is 1.91. The van der Waals surface area contributed by atoms with Crippen LogP contribution in [0.15, 0.2) is 18.5 Å². The molecule has 0 radical (unpaired) electrons. The summed E-state index contributed by atoms with van der Waals surface area (Å²) in [6.07, 6.45) is 5.65. The fourth-order valence-corrected chi connectivity index (χ4v) is 2.37. The van der Waals surface area contributed by atoms with E-state index >= 15 is 0 Å². The van der Waals surface area contributed by atoms with Crippen LogP contribution in [0.1, 0.15) is 44.0 Å². The number of nitrogens with zero attached hydrogens (tertiary/aromatic N) is 2. The molecule has 0 spiro atoms. The number of nitrogens with one attached hydrogen (secondary N) is 1. The summed E-state index contributed by atoms with van der Waals surface area (Å²) in [5, 5.41) is 3.32. The van der Waals surface area contributed by atoms with E-state index in [4.69, 9.17) is 0 Å². The molecule has 1 aromatic heterocycles. The van der Waals surface area contributed by atoms with Crippen LogP contribution in [0.25, 0.3) is 0 Å². The number of hydrogen-bond donors (Lipinski definition) is 1. The molecule has 1 aromatic rings. The zero-order chi connectivity index (χ0) is 14.5. The van der Waals surface area contributed by atoms with Gasteiger partial charge in [-0.2, -0.15) is 0 Å². The van der Waals surface area contributed by atoms with E-state index in [2.05, 4.69) is 31.1 Å². The maximum atomic E-state index is 12.5. The smallest absolute Gasteiger partial charge is 0.255 e. The van der Waals surface area contributed by atoms with Crippen LogP contribution >= 0.6 is 0 Å². The molecule has 0 bridgehead atoms. The molecular formula is C16H25N3O. The highest BCUT2D eigenvalue weighted by molar-refractivity contribution is 5.94. The molecule has 4 heteroatoms. The molecule has 110 valence electrons. The summed E-state index contributed by atoms with van der Waals surface area (Å²) in [4.78, 5) is 18.6. The van der Waals surface area contributed by atoms with E-state index in [1.165, 1.54) is 0 Å². The van der Waals surface area contributed by atoms with Gasteiger partial charge in [0.2, 0.25) is 0 Å². The third kappa shape index (κ3) is 3.95. The van der Waals surface area contributed by atoms with Crippen molar-refractivity contribution in [3.8, 4) is 0 Å². The molecule has 1 saturated heterocycles. The Bertz CT molecular complexity index is 451. The number of carbonyl (C=O) groups is 1. The first-order chi connectivity index (χ1) is 9.56. The number of pyridine rings is 1. The molecular weight excluding hydrogens is 250 g/mol. The summed E-state index contributed by atoms with van der Waals surface area (Å²) < 4.78 is 0. The minimum absolute atomic E-state index is 0.109. The zero-order valence-corrected chi connectivity index (χ0v) is 12.7. The summed E-state index contributed by atoms with van der Waals surface area (Å²) in [5.74, 6) is 1.41. The summed E-state index contributed by atoms with van der Waals surface area (Å²) in [6.45, 7) is 9.18. The maximum absolute atomic E-state index is 12.5. The van der Waals surface area contributed by atoms with Gasteiger partial charge in [0, 0.05) is 32.0 Å². The molecule has 0 aliphatic carbocycles. The monoisotopic (exact) mass is 275 g/mol. The first-order valence-corrected chi connectivity index (χ1v) is 7.54. The van der Waals surface area contributed by atoms with Crippen molar-refractivity contribution in [1.29, 1.82) is 0 Å². The van der Waals surface area contributed by atoms with Gasteiger partial charge in [-0.15, -0.1) is 0 Å². The van der Waals surface area contributed by atoms with Crippen LogP contribution in [-0.2, 0) is 0 Å². The quantitative estimate of drug-likeness (QED) is 0.918. The van der Waals surface area contributed by atoms with E-state index in [0.29, 0.717) is 11.5 Å². The standard InChI is InChI=1S/C16H25N3O/c1-12(2)9-18-15-8-14(10-17-11-15)16(20)19-6-4-13(3)5-7-19/h8,10-13,18H,4-7,9H2,1-3H3. The average Bonchev–Trinajstić information content (AvgIpc) is 2.45. The lowest BCUT2D eigenvalue weighted by molar-refractivity contribution is 0.0697. The van der Waals surface area contributed by atoms with E-state index < -0.39 is 0 Å². The van der Waals surface area contributed by atoms with Gasteiger partial charge in [0.05, 0.1) is 11.3 Å². The Morgan fingerprint density at radius 1 is 1.40 bits per heavy atom. The number of carbonyl (C=O) groups excluding carboxylic acids is 1. The minimum Gasteiger partial charge on any atom is -0.384 e. The van der Waals surface area contributed by atoms with Gasteiger partial charge in [-0.25, -0.2) is 0 Å². The summed E-state index contributed by atoms with van der Waals surface area (Å²) in [7, 11) is 0. The number of rotatable bonds is 4. The number of piperidine rings is 1. The molecule has 1 aliphatic heterocycles. The molecule has 1 N–H and O–H groups in total. The van der Waals surface area contributed by atoms with Crippen molar-refractivity contribution in [2.45, 2.75) is 33.6 Å². The first-order valence-electron chi connectivity index (χ1n) is 7.54. The van der Waals surface area contributed by atoms with Crippen LogP contribution in [0.2, 0.25) is 0 Å². The predicted molar refractivity (Wildman–Crippen MR) is 81.9 cm³/mol. The molecule has 0 saturated carbocycles. The highest BCUT2D eigenvalue weighted by atomic mass is 16.2. The van der Waals surface area contributed by atoms with Crippen LogP contribution in [0.4, 0.5) is 5.69 Å². The van der Waals surface area contributed by atoms with E-state index in [-0.39, 0.29) is 5.91 Å². The lowest BCUT2D eigenvalue weighted by Crippen LogP contribution is -2.37. The van der Waals surface area contributed by atoms with Crippen molar-refractivity contribution < 1.29 is 4.79 Å². The Kier molecular flexibility index (Phi) is 4.99. The number of anilines is 1. The lowest BCUT2D eigenvalue weighted by atomic mass is 9.99. The average molecular weight is 275 g/mol. The largest absolute Gasteiger partial charge is 0.384 e. The van der Waals surface area contributed by atoms with Gasteiger partial charge in [0.15, 0.2) is 0 Å². The van der Waals surface area contributed by atoms with Crippen molar-refractivity contribution in [3.05, 3.63) is 24.0 Å². The van der Waals surface area contributed by atoms with Gasteiger partial charge in [0.25, 0.3) is 5.91 Å². The van der Waals surface area contributed by atoms with Crippen LogP contribution in [0.5, 0.6) is 0 Å². The molecule has 2 heterocycles. The van der Waals surface area contributed by atoms with Gasteiger partial charge in [-0.1, -0.05) is 20.8 Å². The third-order valence-electron chi connectivity index (χ3n) is 3.77. The SMILES string of the molecule is CC(C)CNc1cncc(C(=O)N2CCC(C)CC2)c1. The molecule has 1 fully saturated rings. The topological polar surface area (TPSA) is 45.2 Å². The van der Waals surface area contributed by atoms with Crippen molar-refractivity contribution in [2.75, 3.05) is 25.0 Å². The fraction of sp³-hybridized carbons (Fsp3) is 0.625. The molecule has 2 rings (SSSR count). The normalized spacial score (nSPS) is 16.5. The Labute approximate surface area is 121 Å². The fourth-order valence-electron chi connectivity index (χ4n) is 2.37. The number of likely N-dealkylation sites (tertiary alicyclic amines) is 1. The van der Waals surface area contributed by atoms with E-state index in [1.54, 1.807) is 12.4 Å². The number of amides is 1. The van der Waals surface area contributed by atoms with Crippen molar-refractivity contribution >= 4 is 11.6 Å². The van der Waals surface area contributed by atoms with Gasteiger partial charge in [0.1, 0.15) is 0 Å². The van der Waals surface area contributed by atoms with E-state index in [9.17, 15) is 4.79 Å². The Balaban J connectivity index is 2.00. The van der Waals surface area contributed by atoms with Crippen molar-refractivity contribution in [2.24, 2.45) is 11.8 Å². The maximum Gasteiger partial charge on any atom is 0.255 e. The van der Waals surface area contributed by atoms with Crippen LogP contribution in [0.3, 0.4) is 0 Å². The van der Waals surface area contributed by atoms with E-state index in [0.717, 1.165) is 44.1 Å². The van der Waals surface area contributed by atoms with Crippen molar-refractivity contribution in [3.63, 3.8) is 0 Å².